The van der Waals surface area contributed by atoms with Gasteiger partial charge in [0.25, 0.3) is 0 Å². The fourth-order valence-corrected chi connectivity index (χ4v) is 4.40. The van der Waals surface area contributed by atoms with Crippen molar-refractivity contribution in [2.24, 2.45) is 0 Å². The first kappa shape index (κ1) is 20.3. The molecular formula is C21H28N6O3. The van der Waals surface area contributed by atoms with Crippen LogP contribution in [0.15, 0.2) is 24.3 Å². The van der Waals surface area contributed by atoms with Crippen molar-refractivity contribution in [3.63, 3.8) is 0 Å². The summed E-state index contributed by atoms with van der Waals surface area (Å²) in [5, 5.41) is 14.5. The monoisotopic (exact) mass is 412 g/mol. The number of nitrogens with zero attached hydrogens (tertiary/aromatic N) is 5. The van der Waals surface area contributed by atoms with E-state index in [9.17, 15) is 9.59 Å². The topological polar surface area (TPSA) is 102 Å². The van der Waals surface area contributed by atoms with Crippen LogP contribution in [-0.4, -0.2) is 55.6 Å². The van der Waals surface area contributed by atoms with Gasteiger partial charge in [0.15, 0.2) is 0 Å². The van der Waals surface area contributed by atoms with Crippen LogP contribution in [-0.2, 0) is 16.1 Å². The Labute approximate surface area is 175 Å². The third-order valence-electron chi connectivity index (χ3n) is 6.16. The highest BCUT2D eigenvalue weighted by Gasteiger charge is 2.43. The first-order valence-electron chi connectivity index (χ1n) is 10.6. The van der Waals surface area contributed by atoms with Crippen molar-refractivity contribution >= 4 is 11.8 Å². The molecule has 3 heterocycles. The highest BCUT2D eigenvalue weighted by molar-refractivity contribution is 5.77. The summed E-state index contributed by atoms with van der Waals surface area (Å²) in [4.78, 5) is 27.0. The van der Waals surface area contributed by atoms with Gasteiger partial charge in [0.2, 0.25) is 11.8 Å². The molecule has 2 unspecified atom stereocenters. The summed E-state index contributed by atoms with van der Waals surface area (Å²) < 4.78 is 8.09. The molecule has 1 saturated heterocycles. The van der Waals surface area contributed by atoms with E-state index in [1.807, 2.05) is 43.0 Å². The van der Waals surface area contributed by atoms with E-state index in [0.717, 1.165) is 17.7 Å². The van der Waals surface area contributed by atoms with Crippen molar-refractivity contribution in [3.8, 4) is 5.75 Å². The zero-order chi connectivity index (χ0) is 21.1. The molecule has 2 atom stereocenters. The number of amides is 2. The average Bonchev–Trinajstić information content (AvgIpc) is 3.09. The quantitative estimate of drug-likeness (QED) is 0.803. The Balaban J connectivity index is 1.49. The number of hydrogen-bond acceptors (Lipinski definition) is 6. The van der Waals surface area contributed by atoms with Crippen LogP contribution in [0.3, 0.4) is 0 Å². The molecule has 0 saturated carbocycles. The van der Waals surface area contributed by atoms with Crippen LogP contribution in [0.4, 0.5) is 0 Å². The third-order valence-corrected chi connectivity index (χ3v) is 6.16. The minimum atomic E-state index is -0.446. The predicted octanol–water partition coefficient (Wildman–Crippen LogP) is 1.78. The standard InChI is InChI=1S/C21H28N6O3/c1-3-26-13-11-21(10-8-20(26)29)14-17(16-6-4-5-7-18(16)30-21)22-19(28)9-12-27-15(2)23-24-25-27/h4-7,17H,3,8-14H2,1-2H3,(H,22,28). The molecule has 1 N–H and O–H groups in total. The lowest BCUT2D eigenvalue weighted by Gasteiger charge is -2.42. The lowest BCUT2D eigenvalue weighted by Crippen LogP contribution is -2.46. The van der Waals surface area contributed by atoms with Gasteiger partial charge < -0.3 is 15.0 Å². The molecular weight excluding hydrogens is 384 g/mol. The molecule has 4 rings (SSSR count). The number of para-hydroxylation sites is 1. The maximum absolute atomic E-state index is 12.7. The summed E-state index contributed by atoms with van der Waals surface area (Å²) in [5.41, 5.74) is 0.538. The summed E-state index contributed by atoms with van der Waals surface area (Å²) in [6.07, 6.45) is 2.84. The number of ether oxygens (including phenoxy) is 1. The van der Waals surface area contributed by atoms with Crippen LogP contribution in [0.2, 0.25) is 0 Å². The van der Waals surface area contributed by atoms with Crippen molar-refractivity contribution in [1.82, 2.24) is 30.4 Å². The molecule has 1 spiro atoms. The molecule has 1 fully saturated rings. The molecule has 0 bridgehead atoms. The van der Waals surface area contributed by atoms with Gasteiger partial charge in [-0.15, -0.1) is 5.10 Å². The SMILES string of the molecule is CCN1CCC2(CCC1=O)CC(NC(=O)CCn1nnnc1C)c1ccccc1O2. The van der Waals surface area contributed by atoms with E-state index in [1.54, 1.807) is 4.68 Å². The molecule has 2 aliphatic rings. The third kappa shape index (κ3) is 4.15. The number of aromatic nitrogens is 4. The highest BCUT2D eigenvalue weighted by Crippen LogP contribution is 2.44. The molecule has 1 aromatic carbocycles. The van der Waals surface area contributed by atoms with Gasteiger partial charge in [-0.05, 0) is 36.8 Å². The number of hydrogen-bond donors (Lipinski definition) is 1. The number of fused-ring (bicyclic) bond motifs is 1. The van der Waals surface area contributed by atoms with E-state index in [0.29, 0.717) is 51.1 Å². The fraction of sp³-hybridized carbons (Fsp3) is 0.571. The van der Waals surface area contributed by atoms with E-state index in [-0.39, 0.29) is 17.9 Å². The first-order chi connectivity index (χ1) is 14.5. The lowest BCUT2D eigenvalue weighted by molar-refractivity contribution is -0.130. The second-order valence-electron chi connectivity index (χ2n) is 8.07. The first-order valence-corrected chi connectivity index (χ1v) is 10.6. The van der Waals surface area contributed by atoms with Gasteiger partial charge in [-0.25, -0.2) is 4.68 Å². The number of rotatable bonds is 5. The van der Waals surface area contributed by atoms with Crippen LogP contribution in [0, 0.1) is 6.92 Å². The molecule has 30 heavy (non-hydrogen) atoms. The average molecular weight is 412 g/mol. The van der Waals surface area contributed by atoms with Crippen molar-refractivity contribution in [3.05, 3.63) is 35.7 Å². The second kappa shape index (κ2) is 8.41. The second-order valence-corrected chi connectivity index (χ2v) is 8.07. The van der Waals surface area contributed by atoms with Gasteiger partial charge >= 0.3 is 0 Å². The molecule has 2 aliphatic heterocycles. The number of tetrazole rings is 1. The Kier molecular flexibility index (Phi) is 5.69. The van der Waals surface area contributed by atoms with Crippen LogP contribution >= 0.6 is 0 Å². The molecule has 0 aliphatic carbocycles. The zero-order valence-corrected chi connectivity index (χ0v) is 17.5. The van der Waals surface area contributed by atoms with Gasteiger partial charge in [0.05, 0.1) is 12.6 Å². The molecule has 1 aromatic heterocycles. The minimum absolute atomic E-state index is 0.0540. The minimum Gasteiger partial charge on any atom is -0.487 e. The number of carbonyl (C=O) groups excluding carboxylic acids is 2. The van der Waals surface area contributed by atoms with E-state index in [2.05, 4.69) is 20.8 Å². The number of nitrogens with one attached hydrogen (secondary N) is 1. The summed E-state index contributed by atoms with van der Waals surface area (Å²) in [6, 6.07) is 7.69. The van der Waals surface area contributed by atoms with Gasteiger partial charge in [-0.3, -0.25) is 9.59 Å². The number of likely N-dealkylation sites (tertiary alicyclic amines) is 1. The van der Waals surface area contributed by atoms with Gasteiger partial charge in [0.1, 0.15) is 17.2 Å². The Morgan fingerprint density at radius 2 is 2.17 bits per heavy atom. The Hall–Kier alpha value is -2.97. The smallest absolute Gasteiger partial charge is 0.222 e. The maximum Gasteiger partial charge on any atom is 0.222 e. The largest absolute Gasteiger partial charge is 0.487 e. The van der Waals surface area contributed by atoms with E-state index in [4.69, 9.17) is 4.74 Å². The van der Waals surface area contributed by atoms with Crippen LogP contribution in [0.5, 0.6) is 5.75 Å². The number of aryl methyl sites for hydroxylation is 2. The summed E-state index contributed by atoms with van der Waals surface area (Å²) in [7, 11) is 0. The predicted molar refractivity (Wildman–Crippen MR) is 109 cm³/mol. The highest BCUT2D eigenvalue weighted by atomic mass is 16.5. The van der Waals surface area contributed by atoms with Gasteiger partial charge in [-0.2, -0.15) is 0 Å². The van der Waals surface area contributed by atoms with Crippen molar-refractivity contribution in [2.45, 2.75) is 64.1 Å². The van der Waals surface area contributed by atoms with Crippen LogP contribution in [0.1, 0.15) is 56.5 Å². The molecule has 2 amide bonds. The molecule has 9 heteroatoms. The van der Waals surface area contributed by atoms with Crippen LogP contribution in [0.25, 0.3) is 0 Å². The molecule has 160 valence electrons. The molecule has 0 radical (unpaired) electrons. The summed E-state index contributed by atoms with van der Waals surface area (Å²) in [5.74, 6) is 1.60. The summed E-state index contributed by atoms with van der Waals surface area (Å²) in [6.45, 7) is 5.63. The van der Waals surface area contributed by atoms with E-state index >= 15 is 0 Å². The van der Waals surface area contributed by atoms with Crippen molar-refractivity contribution in [2.75, 3.05) is 13.1 Å². The zero-order valence-electron chi connectivity index (χ0n) is 17.5. The number of benzene rings is 1. The van der Waals surface area contributed by atoms with Gasteiger partial charge in [-0.1, -0.05) is 18.2 Å². The Bertz CT molecular complexity index is 929. The Morgan fingerprint density at radius 3 is 2.93 bits per heavy atom. The van der Waals surface area contributed by atoms with Crippen molar-refractivity contribution < 1.29 is 14.3 Å². The maximum atomic E-state index is 12.7. The van der Waals surface area contributed by atoms with Crippen LogP contribution < -0.4 is 10.1 Å². The van der Waals surface area contributed by atoms with E-state index in [1.165, 1.54) is 0 Å². The molecule has 2 aromatic rings. The molecule has 9 nitrogen and oxygen atoms in total. The lowest BCUT2D eigenvalue weighted by atomic mass is 9.82. The number of carbonyl (C=O) groups is 2. The van der Waals surface area contributed by atoms with Gasteiger partial charge in [0, 0.05) is 44.3 Å². The Morgan fingerprint density at radius 1 is 1.33 bits per heavy atom. The normalized spacial score (nSPS) is 23.6. The summed E-state index contributed by atoms with van der Waals surface area (Å²) >= 11 is 0. The van der Waals surface area contributed by atoms with Crippen molar-refractivity contribution in [1.29, 1.82) is 0 Å². The fourth-order valence-electron chi connectivity index (χ4n) is 4.40. The van der Waals surface area contributed by atoms with E-state index < -0.39 is 5.60 Å².